The lowest BCUT2D eigenvalue weighted by Crippen LogP contribution is -2.17. The van der Waals surface area contributed by atoms with Gasteiger partial charge in [-0.2, -0.15) is 18.3 Å². The molecule has 2 heterocycles. The lowest BCUT2D eigenvalue weighted by Gasteiger charge is -2.10. The highest BCUT2D eigenvalue weighted by Gasteiger charge is 2.35. The number of primary sulfonamides is 1. The number of esters is 1. The van der Waals surface area contributed by atoms with E-state index < -0.39 is 34.4 Å². The number of carbonyl (C=O) groups excluding carboxylic acids is 1. The normalized spacial score (nSPS) is 12.3. The molecule has 8 nitrogen and oxygen atoms in total. The second-order valence-electron chi connectivity index (χ2n) is 6.88. The van der Waals surface area contributed by atoms with Crippen molar-refractivity contribution in [3.8, 4) is 21.0 Å². The largest absolute Gasteiger partial charge is 0.452 e. The smallest absolute Gasteiger partial charge is 0.435 e. The quantitative estimate of drug-likeness (QED) is 0.274. The maximum absolute atomic E-state index is 13.3. The van der Waals surface area contributed by atoms with E-state index in [1.807, 2.05) is 0 Å². The second kappa shape index (κ2) is 9.85. The molecule has 14 heteroatoms. The Balaban J connectivity index is 1.92. The third kappa shape index (κ3) is 6.57. The average molecular weight is 521 g/mol. The van der Waals surface area contributed by atoms with Gasteiger partial charge in [0.2, 0.25) is 10.0 Å². The molecular formula is C19H19F3N4O4S3. The molecule has 0 spiro atoms. The summed E-state index contributed by atoms with van der Waals surface area (Å²) < 4.78 is 70.8. The van der Waals surface area contributed by atoms with Crippen LogP contribution in [0.3, 0.4) is 0 Å². The Bertz CT molecular complexity index is 1250. The first-order chi connectivity index (χ1) is 15.3. The van der Waals surface area contributed by atoms with E-state index in [9.17, 15) is 26.4 Å². The SMILES string of the molecule is CN(C)SCOC(=O)Cn1nc(C(F)(F)F)cc1-c1ccc(-c2cccc(S(N)(=O)=O)c2)s1. The van der Waals surface area contributed by atoms with Crippen molar-refractivity contribution in [1.82, 2.24) is 14.1 Å². The van der Waals surface area contributed by atoms with Gasteiger partial charge in [-0.3, -0.25) is 13.8 Å². The highest BCUT2D eigenvalue weighted by Crippen LogP contribution is 2.38. The van der Waals surface area contributed by atoms with Gasteiger partial charge in [0.05, 0.1) is 15.5 Å². The van der Waals surface area contributed by atoms with Gasteiger partial charge in [0.25, 0.3) is 0 Å². The van der Waals surface area contributed by atoms with E-state index in [1.165, 1.54) is 30.1 Å². The number of hydrogen-bond donors (Lipinski definition) is 1. The maximum Gasteiger partial charge on any atom is 0.435 e. The van der Waals surface area contributed by atoms with Crippen LogP contribution in [0.5, 0.6) is 0 Å². The molecule has 2 N–H and O–H groups in total. The van der Waals surface area contributed by atoms with Crippen LogP contribution in [-0.2, 0) is 32.3 Å². The number of alkyl halides is 3. The number of nitrogens with two attached hydrogens (primary N) is 1. The third-order valence-electron chi connectivity index (χ3n) is 4.19. The number of carbonyl (C=O) groups is 1. The summed E-state index contributed by atoms with van der Waals surface area (Å²) in [7, 11) is -0.402. The molecule has 0 saturated heterocycles. The summed E-state index contributed by atoms with van der Waals surface area (Å²) in [6, 6.07) is 9.97. The molecule has 0 aliphatic heterocycles. The van der Waals surface area contributed by atoms with Gasteiger partial charge in [-0.25, -0.2) is 13.6 Å². The molecule has 3 rings (SSSR count). The Morgan fingerprint density at radius 2 is 1.91 bits per heavy atom. The highest BCUT2D eigenvalue weighted by molar-refractivity contribution is 7.96. The highest BCUT2D eigenvalue weighted by atomic mass is 32.2. The molecule has 0 fully saturated rings. The zero-order valence-corrected chi connectivity index (χ0v) is 19.8. The topological polar surface area (TPSA) is 108 Å². The minimum absolute atomic E-state index is 0.0120. The van der Waals surface area contributed by atoms with Gasteiger partial charge in [0.1, 0.15) is 6.54 Å². The molecule has 0 saturated carbocycles. The van der Waals surface area contributed by atoms with Crippen molar-refractivity contribution >= 4 is 39.3 Å². The lowest BCUT2D eigenvalue weighted by atomic mass is 10.2. The van der Waals surface area contributed by atoms with Crippen LogP contribution in [-0.4, -0.2) is 48.5 Å². The summed E-state index contributed by atoms with van der Waals surface area (Å²) in [5.74, 6) is -0.724. The van der Waals surface area contributed by atoms with Crippen molar-refractivity contribution in [2.24, 2.45) is 5.14 Å². The predicted molar refractivity (Wildman–Crippen MR) is 120 cm³/mol. The predicted octanol–water partition coefficient (Wildman–Crippen LogP) is 3.66. The fourth-order valence-electron chi connectivity index (χ4n) is 2.70. The molecule has 178 valence electrons. The number of benzene rings is 1. The van der Waals surface area contributed by atoms with E-state index in [-0.39, 0.29) is 16.5 Å². The Morgan fingerprint density at radius 1 is 1.21 bits per heavy atom. The van der Waals surface area contributed by atoms with Crippen molar-refractivity contribution in [3.05, 3.63) is 48.2 Å². The summed E-state index contributed by atoms with van der Waals surface area (Å²) in [5.41, 5.74) is -0.530. The third-order valence-corrected chi connectivity index (χ3v) is 6.99. The van der Waals surface area contributed by atoms with Gasteiger partial charge in [0.15, 0.2) is 11.6 Å². The van der Waals surface area contributed by atoms with Crippen LogP contribution in [0.2, 0.25) is 0 Å². The Morgan fingerprint density at radius 3 is 2.55 bits per heavy atom. The summed E-state index contributed by atoms with van der Waals surface area (Å²) >= 11 is 2.33. The van der Waals surface area contributed by atoms with Crippen LogP contribution < -0.4 is 5.14 Å². The first kappa shape index (κ1) is 25.2. The van der Waals surface area contributed by atoms with Crippen LogP contribution >= 0.6 is 23.3 Å². The van der Waals surface area contributed by atoms with Crippen molar-refractivity contribution in [2.75, 3.05) is 20.0 Å². The van der Waals surface area contributed by atoms with Crippen LogP contribution in [0.1, 0.15) is 5.69 Å². The molecule has 0 atom stereocenters. The first-order valence-electron chi connectivity index (χ1n) is 9.19. The van der Waals surface area contributed by atoms with Gasteiger partial charge in [-0.1, -0.05) is 12.1 Å². The van der Waals surface area contributed by atoms with Gasteiger partial charge >= 0.3 is 12.1 Å². The molecule has 0 aliphatic carbocycles. The molecule has 2 aromatic heterocycles. The monoisotopic (exact) mass is 520 g/mol. The van der Waals surface area contributed by atoms with E-state index in [2.05, 4.69) is 5.10 Å². The molecule has 0 amide bonds. The minimum Gasteiger partial charge on any atom is -0.452 e. The van der Waals surface area contributed by atoms with Crippen LogP contribution in [0.25, 0.3) is 21.0 Å². The Kier molecular flexibility index (Phi) is 7.53. The van der Waals surface area contributed by atoms with E-state index >= 15 is 0 Å². The molecule has 0 unspecified atom stereocenters. The summed E-state index contributed by atoms with van der Waals surface area (Å²) in [5, 5.41) is 8.72. The van der Waals surface area contributed by atoms with Crippen LogP contribution in [0.15, 0.2) is 47.4 Å². The lowest BCUT2D eigenvalue weighted by molar-refractivity contribution is -0.144. The molecular weight excluding hydrogens is 501 g/mol. The van der Waals surface area contributed by atoms with Crippen molar-refractivity contribution in [2.45, 2.75) is 17.6 Å². The summed E-state index contributed by atoms with van der Waals surface area (Å²) in [4.78, 5) is 13.1. The standard InChI is InChI=1S/C19H19F3N4O4S3/c1-25(2)31-11-30-18(27)10-26-14(9-17(24-26)19(20,21)22)16-7-6-15(32-16)12-4-3-5-13(8-12)33(23,28)29/h3-9H,10-11H2,1-2H3,(H2,23,28,29). The van der Waals surface area contributed by atoms with E-state index in [0.29, 0.717) is 15.3 Å². The molecule has 3 aromatic rings. The van der Waals surface area contributed by atoms with Crippen LogP contribution in [0.4, 0.5) is 13.2 Å². The van der Waals surface area contributed by atoms with Gasteiger partial charge in [-0.15, -0.1) is 11.3 Å². The molecule has 0 bridgehead atoms. The van der Waals surface area contributed by atoms with Gasteiger partial charge in [-0.05, 0) is 61.9 Å². The number of sulfonamides is 1. The fourth-order valence-corrected chi connectivity index (χ4v) is 4.67. The molecule has 1 aromatic carbocycles. The fraction of sp³-hybridized carbons (Fsp3) is 0.263. The van der Waals surface area contributed by atoms with E-state index in [0.717, 1.165) is 22.1 Å². The molecule has 0 radical (unpaired) electrons. The van der Waals surface area contributed by atoms with Crippen LogP contribution in [0, 0.1) is 0 Å². The van der Waals surface area contributed by atoms with Gasteiger partial charge < -0.3 is 4.74 Å². The van der Waals surface area contributed by atoms with Crippen molar-refractivity contribution in [3.63, 3.8) is 0 Å². The number of aromatic nitrogens is 2. The number of ether oxygens (including phenoxy) is 1. The summed E-state index contributed by atoms with van der Waals surface area (Å²) in [6.07, 6.45) is -4.70. The van der Waals surface area contributed by atoms with Crippen molar-refractivity contribution < 1.29 is 31.1 Å². The number of halogens is 3. The number of nitrogens with zero attached hydrogens (tertiary/aromatic N) is 3. The minimum atomic E-state index is -4.70. The van der Waals surface area contributed by atoms with Gasteiger partial charge in [0, 0.05) is 4.88 Å². The zero-order valence-electron chi connectivity index (χ0n) is 17.4. The van der Waals surface area contributed by atoms with E-state index in [1.54, 1.807) is 36.6 Å². The molecule has 0 aliphatic rings. The number of hydrogen-bond acceptors (Lipinski definition) is 8. The Hall–Kier alpha value is -2.39. The number of thiophene rings is 1. The maximum atomic E-state index is 13.3. The number of rotatable bonds is 8. The van der Waals surface area contributed by atoms with Crippen molar-refractivity contribution in [1.29, 1.82) is 0 Å². The second-order valence-corrected chi connectivity index (χ2v) is 10.8. The first-order valence-corrected chi connectivity index (χ1v) is 12.5. The van der Waals surface area contributed by atoms with E-state index in [4.69, 9.17) is 9.88 Å². The summed E-state index contributed by atoms with van der Waals surface area (Å²) in [6.45, 7) is -0.506. The average Bonchev–Trinajstić information content (AvgIpc) is 3.34. The zero-order chi connectivity index (χ0) is 24.4. The molecule has 33 heavy (non-hydrogen) atoms. The Labute approximate surface area is 196 Å².